The fraction of sp³-hybridized carbons (Fsp3) is 0.179. The number of benzene rings is 3. The number of rotatable bonds is 5. The second-order valence-corrected chi connectivity index (χ2v) is 10.6. The Morgan fingerprint density at radius 1 is 0.973 bits per heavy atom. The minimum atomic E-state index is -3.90. The van der Waals surface area contributed by atoms with Gasteiger partial charge in [-0.2, -0.15) is 5.26 Å². The van der Waals surface area contributed by atoms with Crippen LogP contribution < -0.4 is 4.72 Å². The molecule has 9 heteroatoms. The van der Waals surface area contributed by atoms with E-state index < -0.39 is 15.6 Å². The zero-order chi connectivity index (χ0) is 26.0. The Labute approximate surface area is 214 Å². The van der Waals surface area contributed by atoms with Crippen molar-refractivity contribution < 1.29 is 18.3 Å². The molecule has 1 aliphatic rings. The van der Waals surface area contributed by atoms with Crippen LogP contribution in [0.5, 0.6) is 0 Å². The van der Waals surface area contributed by atoms with Gasteiger partial charge in [0.2, 0.25) is 0 Å². The Hall–Kier alpha value is -4.26. The number of fused-ring (bicyclic) bond motifs is 1. The summed E-state index contributed by atoms with van der Waals surface area (Å²) in [4.78, 5) is 19.0. The van der Waals surface area contributed by atoms with Gasteiger partial charge in [0.15, 0.2) is 0 Å². The molecule has 4 aromatic rings. The number of aromatic nitrogens is 1. The number of amides is 1. The highest BCUT2D eigenvalue weighted by Crippen LogP contribution is 2.35. The molecule has 1 amide bonds. The number of anilines is 1. The standard InChI is InChI=1S/C28H24N4O4S/c29-19-22-5-1-2-8-24(22)28(34)14-17-32(18-15-28)27(33)21-10-12-23(13-11-21)31-37(35,36)25-9-3-6-20-7-4-16-30-26(20)25/h1-13,16,31,34H,14-15,17-18H2. The summed E-state index contributed by atoms with van der Waals surface area (Å²) in [5.74, 6) is -0.205. The third-order valence-electron chi connectivity index (χ3n) is 6.70. The molecule has 37 heavy (non-hydrogen) atoms. The van der Waals surface area contributed by atoms with E-state index in [1.54, 1.807) is 83.9 Å². The molecule has 1 saturated heterocycles. The molecule has 2 heterocycles. The molecule has 0 atom stereocenters. The second-order valence-electron chi connectivity index (χ2n) is 9.00. The zero-order valence-corrected chi connectivity index (χ0v) is 20.6. The summed E-state index contributed by atoms with van der Waals surface area (Å²) in [5, 5.41) is 21.3. The summed E-state index contributed by atoms with van der Waals surface area (Å²) in [7, 11) is -3.90. The molecule has 0 bridgehead atoms. The summed E-state index contributed by atoms with van der Waals surface area (Å²) < 4.78 is 28.6. The first kappa shape index (κ1) is 24.4. The van der Waals surface area contributed by atoms with Gasteiger partial charge in [0.05, 0.1) is 22.8 Å². The number of carbonyl (C=O) groups excluding carboxylic acids is 1. The normalized spacial score (nSPS) is 15.2. The number of likely N-dealkylation sites (tertiary alicyclic amines) is 1. The van der Waals surface area contributed by atoms with E-state index in [2.05, 4.69) is 15.8 Å². The van der Waals surface area contributed by atoms with Crippen LogP contribution in [0, 0.1) is 11.3 Å². The molecule has 0 spiro atoms. The van der Waals surface area contributed by atoms with Crippen molar-refractivity contribution in [2.75, 3.05) is 17.8 Å². The van der Waals surface area contributed by atoms with Crippen LogP contribution in [0.3, 0.4) is 0 Å². The van der Waals surface area contributed by atoms with E-state index in [1.165, 1.54) is 6.07 Å². The van der Waals surface area contributed by atoms with Crippen LogP contribution in [-0.2, 0) is 15.6 Å². The fourth-order valence-electron chi connectivity index (χ4n) is 4.70. The van der Waals surface area contributed by atoms with Gasteiger partial charge in [-0.3, -0.25) is 14.5 Å². The molecule has 0 radical (unpaired) electrons. The number of nitriles is 1. The summed E-state index contributed by atoms with van der Waals surface area (Å²) in [5.41, 5.74) is 0.974. The maximum Gasteiger partial charge on any atom is 0.264 e. The largest absolute Gasteiger partial charge is 0.385 e. The first-order chi connectivity index (χ1) is 17.8. The summed E-state index contributed by atoms with van der Waals surface area (Å²) in [6.07, 6.45) is 2.17. The van der Waals surface area contributed by atoms with E-state index in [0.717, 1.165) is 5.39 Å². The lowest BCUT2D eigenvalue weighted by Crippen LogP contribution is -2.45. The highest BCUT2D eigenvalue weighted by Gasteiger charge is 2.37. The monoisotopic (exact) mass is 512 g/mol. The van der Waals surface area contributed by atoms with Gasteiger partial charge in [-0.1, -0.05) is 36.4 Å². The van der Waals surface area contributed by atoms with Crippen LogP contribution in [0.2, 0.25) is 0 Å². The molecular weight excluding hydrogens is 488 g/mol. The number of carbonyl (C=O) groups is 1. The first-order valence-corrected chi connectivity index (χ1v) is 13.3. The van der Waals surface area contributed by atoms with Crippen LogP contribution in [0.15, 0.2) is 90.0 Å². The van der Waals surface area contributed by atoms with Gasteiger partial charge in [0, 0.05) is 41.5 Å². The van der Waals surface area contributed by atoms with E-state index in [-0.39, 0.29) is 10.8 Å². The molecule has 2 N–H and O–H groups in total. The molecule has 0 unspecified atom stereocenters. The van der Waals surface area contributed by atoms with Crippen LogP contribution in [0.4, 0.5) is 5.69 Å². The Morgan fingerprint density at radius 3 is 2.41 bits per heavy atom. The first-order valence-electron chi connectivity index (χ1n) is 11.8. The maximum atomic E-state index is 13.1. The average molecular weight is 513 g/mol. The number of aliphatic hydroxyl groups is 1. The SMILES string of the molecule is N#Cc1ccccc1C1(O)CCN(C(=O)c2ccc(NS(=O)(=O)c3cccc4cccnc34)cc2)CC1. The number of piperidine rings is 1. The third kappa shape index (κ3) is 4.77. The number of para-hydroxylation sites is 1. The molecule has 1 aliphatic heterocycles. The fourth-order valence-corrected chi connectivity index (χ4v) is 5.94. The predicted molar refractivity (Wildman–Crippen MR) is 139 cm³/mol. The van der Waals surface area contributed by atoms with Crippen LogP contribution in [0.25, 0.3) is 10.9 Å². The highest BCUT2D eigenvalue weighted by atomic mass is 32.2. The van der Waals surface area contributed by atoms with E-state index >= 15 is 0 Å². The minimum absolute atomic E-state index is 0.0736. The topological polar surface area (TPSA) is 123 Å². The van der Waals surface area contributed by atoms with Gasteiger partial charge in [0.1, 0.15) is 4.90 Å². The highest BCUT2D eigenvalue weighted by molar-refractivity contribution is 7.93. The van der Waals surface area contributed by atoms with Crippen LogP contribution in [0.1, 0.15) is 34.3 Å². The summed E-state index contributed by atoms with van der Waals surface area (Å²) >= 11 is 0. The van der Waals surface area contributed by atoms with Gasteiger partial charge < -0.3 is 10.0 Å². The van der Waals surface area contributed by atoms with E-state index in [9.17, 15) is 23.6 Å². The quantitative estimate of drug-likeness (QED) is 0.416. The molecule has 1 aromatic heterocycles. The number of hydrogen-bond acceptors (Lipinski definition) is 6. The molecular formula is C28H24N4O4S. The van der Waals surface area contributed by atoms with Gasteiger partial charge >= 0.3 is 0 Å². The van der Waals surface area contributed by atoms with Crippen molar-refractivity contribution in [3.05, 3.63) is 102 Å². The number of nitrogens with one attached hydrogen (secondary N) is 1. The minimum Gasteiger partial charge on any atom is -0.385 e. The van der Waals surface area contributed by atoms with Crippen molar-refractivity contribution in [2.24, 2.45) is 0 Å². The Morgan fingerprint density at radius 2 is 1.68 bits per heavy atom. The smallest absolute Gasteiger partial charge is 0.264 e. The Balaban J connectivity index is 1.28. The van der Waals surface area contributed by atoms with Gasteiger partial charge in [0.25, 0.3) is 15.9 Å². The maximum absolute atomic E-state index is 13.1. The van der Waals surface area contributed by atoms with Crippen molar-refractivity contribution in [3.8, 4) is 6.07 Å². The number of sulfonamides is 1. The van der Waals surface area contributed by atoms with Crippen LogP contribution in [-0.4, -0.2) is 42.4 Å². The molecule has 1 fully saturated rings. The molecule has 186 valence electrons. The van der Waals surface area contributed by atoms with Crippen LogP contribution >= 0.6 is 0 Å². The summed E-state index contributed by atoms with van der Waals surface area (Å²) in [6, 6.07) is 23.9. The predicted octanol–water partition coefficient (Wildman–Crippen LogP) is 4.03. The molecule has 8 nitrogen and oxygen atoms in total. The lowest BCUT2D eigenvalue weighted by molar-refractivity contribution is -0.0213. The molecule has 0 aliphatic carbocycles. The Kier molecular flexibility index (Phi) is 6.38. The molecule has 5 rings (SSSR count). The van der Waals surface area contributed by atoms with E-state index in [1.807, 2.05) is 0 Å². The third-order valence-corrected chi connectivity index (χ3v) is 8.11. The lowest BCUT2D eigenvalue weighted by Gasteiger charge is -2.39. The average Bonchev–Trinajstić information content (AvgIpc) is 2.93. The van der Waals surface area contributed by atoms with Gasteiger partial charge in [-0.25, -0.2) is 8.42 Å². The number of hydrogen-bond donors (Lipinski definition) is 2. The number of pyridine rings is 1. The molecule has 0 saturated carbocycles. The Bertz CT molecular complexity index is 1620. The number of nitrogens with zero attached hydrogens (tertiary/aromatic N) is 3. The van der Waals surface area contributed by atoms with Crippen molar-refractivity contribution in [1.82, 2.24) is 9.88 Å². The second kappa shape index (κ2) is 9.65. The zero-order valence-electron chi connectivity index (χ0n) is 19.8. The van der Waals surface area contributed by atoms with E-state index in [0.29, 0.717) is 53.8 Å². The summed E-state index contributed by atoms with van der Waals surface area (Å²) in [6.45, 7) is 0.662. The van der Waals surface area contributed by atoms with Gasteiger partial charge in [-0.15, -0.1) is 0 Å². The van der Waals surface area contributed by atoms with E-state index in [4.69, 9.17) is 0 Å². The van der Waals surface area contributed by atoms with Crippen molar-refractivity contribution >= 4 is 32.5 Å². The lowest BCUT2D eigenvalue weighted by atomic mass is 9.82. The van der Waals surface area contributed by atoms with Crippen molar-refractivity contribution in [2.45, 2.75) is 23.3 Å². The molecule has 3 aromatic carbocycles. The van der Waals surface area contributed by atoms with Gasteiger partial charge in [-0.05, 0) is 55.3 Å². The van der Waals surface area contributed by atoms with Crippen molar-refractivity contribution in [3.63, 3.8) is 0 Å². The van der Waals surface area contributed by atoms with Crippen molar-refractivity contribution in [1.29, 1.82) is 5.26 Å².